The molecule has 1 unspecified atom stereocenters. The molecule has 0 bridgehead atoms. The van der Waals surface area contributed by atoms with Crippen molar-refractivity contribution >= 4 is 27.3 Å². The molecule has 0 fully saturated rings. The summed E-state index contributed by atoms with van der Waals surface area (Å²) in [7, 11) is -3.81. The van der Waals surface area contributed by atoms with E-state index in [2.05, 4.69) is 5.32 Å². The third kappa shape index (κ3) is 4.48. The van der Waals surface area contributed by atoms with Gasteiger partial charge in [0.25, 0.3) is 5.69 Å². The molecule has 3 rings (SSSR count). The summed E-state index contributed by atoms with van der Waals surface area (Å²) in [6, 6.07) is 12.9. The number of benzene rings is 2. The summed E-state index contributed by atoms with van der Waals surface area (Å²) in [5.41, 5.74) is 2.06. The molecular formula is C19H21N3O5S. The Morgan fingerprint density at radius 1 is 1.25 bits per heavy atom. The standard InChI is InChI=1S/C19H21N3O5S/c1-28(26,27)21(15-8-5-9-16(12-15)22(24)25)13-19(23)20-18-11-4-7-14-6-2-3-10-17(14)18/h2-3,5-6,8-10,12,18H,4,7,11,13H2,1H3,(H,20,23). The van der Waals surface area contributed by atoms with Crippen LogP contribution in [0.5, 0.6) is 0 Å². The lowest BCUT2D eigenvalue weighted by Gasteiger charge is -2.28. The van der Waals surface area contributed by atoms with Gasteiger partial charge in [-0.25, -0.2) is 8.42 Å². The van der Waals surface area contributed by atoms with Crippen molar-refractivity contribution in [3.05, 3.63) is 69.8 Å². The van der Waals surface area contributed by atoms with Crippen LogP contribution in [0, 0.1) is 10.1 Å². The number of anilines is 1. The van der Waals surface area contributed by atoms with Crippen LogP contribution in [0.15, 0.2) is 48.5 Å². The number of rotatable bonds is 6. The van der Waals surface area contributed by atoms with E-state index >= 15 is 0 Å². The number of nitrogens with zero attached hydrogens (tertiary/aromatic N) is 2. The van der Waals surface area contributed by atoms with E-state index in [-0.39, 0.29) is 17.4 Å². The van der Waals surface area contributed by atoms with Crippen LogP contribution in [0.25, 0.3) is 0 Å². The quantitative estimate of drug-likeness (QED) is 0.589. The largest absolute Gasteiger partial charge is 0.348 e. The molecule has 28 heavy (non-hydrogen) atoms. The minimum absolute atomic E-state index is 0.0795. The molecule has 1 aliphatic rings. The molecule has 1 aliphatic carbocycles. The number of carbonyl (C=O) groups excluding carboxylic acids is 1. The van der Waals surface area contributed by atoms with Gasteiger partial charge in [0.05, 0.1) is 22.9 Å². The van der Waals surface area contributed by atoms with Crippen molar-refractivity contribution in [1.29, 1.82) is 0 Å². The van der Waals surface area contributed by atoms with Gasteiger partial charge in [-0.1, -0.05) is 30.3 Å². The van der Waals surface area contributed by atoms with Crippen LogP contribution in [-0.4, -0.2) is 32.0 Å². The van der Waals surface area contributed by atoms with Gasteiger partial charge in [-0.3, -0.25) is 19.2 Å². The van der Waals surface area contributed by atoms with Crippen molar-refractivity contribution in [3.8, 4) is 0 Å². The van der Waals surface area contributed by atoms with E-state index in [0.29, 0.717) is 0 Å². The van der Waals surface area contributed by atoms with Gasteiger partial charge in [-0.15, -0.1) is 0 Å². The third-order valence-corrected chi connectivity index (χ3v) is 5.86. The van der Waals surface area contributed by atoms with E-state index in [4.69, 9.17) is 0 Å². The Kier molecular flexibility index (Phi) is 5.64. The zero-order valence-electron chi connectivity index (χ0n) is 15.4. The second-order valence-corrected chi connectivity index (χ2v) is 8.66. The predicted molar refractivity (Wildman–Crippen MR) is 106 cm³/mol. The Morgan fingerprint density at radius 2 is 2.00 bits per heavy atom. The summed E-state index contributed by atoms with van der Waals surface area (Å²) in [6.45, 7) is -0.446. The first-order chi connectivity index (χ1) is 13.3. The Hall–Kier alpha value is -2.94. The highest BCUT2D eigenvalue weighted by molar-refractivity contribution is 7.92. The molecule has 0 radical (unpaired) electrons. The van der Waals surface area contributed by atoms with Crippen LogP contribution in [0.4, 0.5) is 11.4 Å². The molecule has 2 aromatic carbocycles. The van der Waals surface area contributed by atoms with Crippen molar-refractivity contribution in [2.24, 2.45) is 0 Å². The number of sulfonamides is 1. The lowest BCUT2D eigenvalue weighted by molar-refractivity contribution is -0.384. The summed E-state index contributed by atoms with van der Waals surface area (Å²) in [5, 5.41) is 13.9. The predicted octanol–water partition coefficient (Wildman–Crippen LogP) is 2.55. The number of carbonyl (C=O) groups is 1. The molecular weight excluding hydrogens is 382 g/mol. The zero-order chi connectivity index (χ0) is 20.3. The zero-order valence-corrected chi connectivity index (χ0v) is 16.2. The number of nitro benzene ring substituents is 1. The molecule has 0 spiro atoms. The van der Waals surface area contributed by atoms with Gasteiger partial charge in [-0.2, -0.15) is 0 Å². The van der Waals surface area contributed by atoms with Gasteiger partial charge in [-0.05, 0) is 36.5 Å². The second kappa shape index (κ2) is 7.97. The molecule has 1 amide bonds. The van der Waals surface area contributed by atoms with Gasteiger partial charge < -0.3 is 5.32 Å². The Bertz CT molecular complexity index is 1010. The maximum Gasteiger partial charge on any atom is 0.271 e. The molecule has 0 saturated carbocycles. The first kappa shape index (κ1) is 19.8. The van der Waals surface area contributed by atoms with Gasteiger partial charge in [0, 0.05) is 12.1 Å². The molecule has 8 nitrogen and oxygen atoms in total. The van der Waals surface area contributed by atoms with Crippen molar-refractivity contribution in [1.82, 2.24) is 5.32 Å². The fourth-order valence-electron chi connectivity index (χ4n) is 3.44. The van der Waals surface area contributed by atoms with Gasteiger partial charge in [0.2, 0.25) is 15.9 Å². The van der Waals surface area contributed by atoms with Crippen molar-refractivity contribution in [2.45, 2.75) is 25.3 Å². The van der Waals surface area contributed by atoms with Gasteiger partial charge in [0.15, 0.2) is 0 Å². The normalized spacial score (nSPS) is 16.1. The molecule has 0 heterocycles. The molecule has 2 aromatic rings. The second-order valence-electron chi connectivity index (χ2n) is 6.76. The van der Waals surface area contributed by atoms with Crippen LogP contribution in [0.2, 0.25) is 0 Å². The number of aryl methyl sites for hydroxylation is 1. The summed E-state index contributed by atoms with van der Waals surface area (Å²) in [4.78, 5) is 23.0. The van der Waals surface area contributed by atoms with E-state index in [9.17, 15) is 23.3 Å². The maximum atomic E-state index is 12.6. The van der Waals surface area contributed by atoms with E-state index in [0.717, 1.165) is 41.5 Å². The minimum atomic E-state index is -3.81. The molecule has 9 heteroatoms. The van der Waals surface area contributed by atoms with Crippen molar-refractivity contribution in [3.63, 3.8) is 0 Å². The summed E-state index contributed by atoms with van der Waals surface area (Å²) in [5.74, 6) is -0.460. The molecule has 1 N–H and O–H groups in total. The van der Waals surface area contributed by atoms with Crippen LogP contribution < -0.4 is 9.62 Å². The highest BCUT2D eigenvalue weighted by Crippen LogP contribution is 2.29. The third-order valence-electron chi connectivity index (χ3n) is 4.72. The number of hydrogen-bond donors (Lipinski definition) is 1. The summed E-state index contributed by atoms with van der Waals surface area (Å²) < 4.78 is 25.3. The van der Waals surface area contributed by atoms with E-state index < -0.39 is 27.4 Å². The Labute approximate surface area is 163 Å². The monoisotopic (exact) mass is 403 g/mol. The molecule has 0 aliphatic heterocycles. The Balaban J connectivity index is 1.80. The number of hydrogen-bond acceptors (Lipinski definition) is 5. The van der Waals surface area contributed by atoms with Crippen LogP contribution in [-0.2, 0) is 21.2 Å². The number of nitrogens with one attached hydrogen (secondary N) is 1. The number of nitro groups is 1. The number of amides is 1. The fraction of sp³-hybridized carbons (Fsp3) is 0.316. The average molecular weight is 403 g/mol. The lowest BCUT2D eigenvalue weighted by atomic mass is 9.88. The van der Waals surface area contributed by atoms with Crippen LogP contribution >= 0.6 is 0 Å². The molecule has 0 aromatic heterocycles. The van der Waals surface area contributed by atoms with E-state index in [1.54, 1.807) is 0 Å². The highest BCUT2D eigenvalue weighted by atomic mass is 32.2. The molecule has 148 valence electrons. The van der Waals surface area contributed by atoms with Gasteiger partial charge >= 0.3 is 0 Å². The lowest BCUT2D eigenvalue weighted by Crippen LogP contribution is -2.42. The minimum Gasteiger partial charge on any atom is -0.348 e. The number of non-ortho nitro benzene ring substituents is 1. The maximum absolute atomic E-state index is 12.6. The summed E-state index contributed by atoms with van der Waals surface area (Å²) >= 11 is 0. The fourth-order valence-corrected chi connectivity index (χ4v) is 4.28. The first-order valence-electron chi connectivity index (χ1n) is 8.85. The topological polar surface area (TPSA) is 110 Å². The van der Waals surface area contributed by atoms with E-state index in [1.807, 2.05) is 24.3 Å². The van der Waals surface area contributed by atoms with Crippen LogP contribution in [0.1, 0.15) is 30.0 Å². The number of fused-ring (bicyclic) bond motifs is 1. The highest BCUT2D eigenvalue weighted by Gasteiger charge is 2.26. The van der Waals surface area contributed by atoms with Crippen molar-refractivity contribution < 1.29 is 18.1 Å². The summed E-state index contributed by atoms with van der Waals surface area (Å²) in [6.07, 6.45) is 3.63. The first-order valence-corrected chi connectivity index (χ1v) is 10.7. The average Bonchev–Trinajstić information content (AvgIpc) is 2.65. The smallest absolute Gasteiger partial charge is 0.271 e. The molecule has 1 atom stereocenters. The Morgan fingerprint density at radius 3 is 2.71 bits per heavy atom. The molecule has 0 saturated heterocycles. The van der Waals surface area contributed by atoms with Crippen LogP contribution in [0.3, 0.4) is 0 Å². The van der Waals surface area contributed by atoms with Crippen molar-refractivity contribution in [2.75, 3.05) is 17.1 Å². The van der Waals surface area contributed by atoms with E-state index in [1.165, 1.54) is 23.8 Å². The van der Waals surface area contributed by atoms with Gasteiger partial charge in [0.1, 0.15) is 6.54 Å². The SMILES string of the molecule is CS(=O)(=O)N(CC(=O)NC1CCCc2ccccc21)c1cccc([N+](=O)[O-])c1.